The van der Waals surface area contributed by atoms with Gasteiger partial charge in [-0.05, 0) is 38.1 Å². The number of carbonyl (C=O) groups excluding carboxylic acids is 2. The highest BCUT2D eigenvalue weighted by Gasteiger charge is 2.30. The van der Waals surface area contributed by atoms with Gasteiger partial charge in [0.25, 0.3) is 5.89 Å². The van der Waals surface area contributed by atoms with Gasteiger partial charge in [0.1, 0.15) is 0 Å². The summed E-state index contributed by atoms with van der Waals surface area (Å²) in [5.41, 5.74) is 2.68. The molecule has 0 saturated heterocycles. The Morgan fingerprint density at radius 1 is 1.21 bits per heavy atom. The van der Waals surface area contributed by atoms with Crippen molar-refractivity contribution in [3.63, 3.8) is 0 Å². The summed E-state index contributed by atoms with van der Waals surface area (Å²) >= 11 is 1.35. The molecule has 0 spiro atoms. The Hall–Kier alpha value is -3.13. The zero-order chi connectivity index (χ0) is 20.4. The summed E-state index contributed by atoms with van der Waals surface area (Å²) in [5.74, 6) is -0.140. The molecule has 148 valence electrons. The smallest absolute Gasteiger partial charge is 0.308 e. The van der Waals surface area contributed by atoms with E-state index in [0.29, 0.717) is 5.89 Å². The number of nitrogens with zero attached hydrogens (tertiary/aromatic N) is 2. The van der Waals surface area contributed by atoms with Gasteiger partial charge in [-0.3, -0.25) is 9.59 Å². The number of rotatable bonds is 5. The maximum absolute atomic E-state index is 12.4. The molecule has 0 radical (unpaired) electrons. The molecule has 2 atom stereocenters. The largest absolute Gasteiger partial charge is 0.453 e. The molecule has 0 fully saturated rings. The van der Waals surface area contributed by atoms with E-state index in [4.69, 9.17) is 9.15 Å². The lowest BCUT2D eigenvalue weighted by molar-refractivity contribution is -0.150. The molecule has 1 aliphatic rings. The molecule has 1 aliphatic heterocycles. The van der Waals surface area contributed by atoms with Crippen LogP contribution in [0.2, 0.25) is 0 Å². The molecule has 1 N–H and O–H groups in total. The van der Waals surface area contributed by atoms with Crippen molar-refractivity contribution >= 4 is 29.3 Å². The van der Waals surface area contributed by atoms with E-state index < -0.39 is 17.3 Å². The summed E-state index contributed by atoms with van der Waals surface area (Å²) < 4.78 is 11.1. The maximum Gasteiger partial charge on any atom is 0.308 e. The van der Waals surface area contributed by atoms with Crippen molar-refractivity contribution in [1.82, 2.24) is 10.2 Å². The van der Waals surface area contributed by atoms with Crippen molar-refractivity contribution in [2.45, 2.75) is 36.5 Å². The quantitative estimate of drug-likeness (QED) is 0.633. The van der Waals surface area contributed by atoms with E-state index in [-0.39, 0.29) is 18.2 Å². The number of para-hydroxylation sites is 1. The second kappa shape index (κ2) is 8.08. The summed E-state index contributed by atoms with van der Waals surface area (Å²) in [6, 6.07) is 15.2. The number of esters is 1. The van der Waals surface area contributed by atoms with E-state index >= 15 is 0 Å². The van der Waals surface area contributed by atoms with Crippen molar-refractivity contribution < 1.29 is 18.7 Å². The predicted molar refractivity (Wildman–Crippen MR) is 108 cm³/mol. The lowest BCUT2D eigenvalue weighted by Gasteiger charge is -2.23. The number of aryl methyl sites for hydroxylation is 1. The van der Waals surface area contributed by atoms with Gasteiger partial charge in [0.05, 0.1) is 17.4 Å². The van der Waals surface area contributed by atoms with Crippen LogP contribution in [0.4, 0.5) is 5.69 Å². The van der Waals surface area contributed by atoms with Gasteiger partial charge in [0, 0.05) is 10.5 Å². The first-order chi connectivity index (χ1) is 14.0. The first kappa shape index (κ1) is 19.2. The zero-order valence-electron chi connectivity index (χ0n) is 15.9. The van der Waals surface area contributed by atoms with Crippen LogP contribution < -0.4 is 5.32 Å². The number of ether oxygens (including phenoxy) is 1. The Morgan fingerprint density at radius 2 is 1.97 bits per heavy atom. The van der Waals surface area contributed by atoms with Crippen LogP contribution in [0.15, 0.2) is 57.8 Å². The summed E-state index contributed by atoms with van der Waals surface area (Å²) in [6.45, 7) is 3.65. The standard InChI is InChI=1S/C21H19N3O4S/c1-12-7-9-14(10-8-12)21-24-23-20(28-21)13(2)27-18(25)11-17-19(26)22-15-5-3-4-6-16(15)29-17/h3-10,13,17H,11H2,1-2H3,(H,22,26)/t13-,17-/m1/s1. The Morgan fingerprint density at radius 3 is 2.76 bits per heavy atom. The van der Waals surface area contributed by atoms with Gasteiger partial charge in [-0.15, -0.1) is 22.0 Å². The third-order valence-electron chi connectivity index (χ3n) is 4.45. The molecular formula is C21H19N3O4S. The maximum atomic E-state index is 12.4. The third kappa shape index (κ3) is 4.32. The molecule has 0 unspecified atom stereocenters. The fourth-order valence-electron chi connectivity index (χ4n) is 2.89. The molecule has 1 aromatic heterocycles. The number of amides is 1. The summed E-state index contributed by atoms with van der Waals surface area (Å²) in [5, 5.41) is 10.3. The topological polar surface area (TPSA) is 94.3 Å². The van der Waals surface area contributed by atoms with Crippen LogP contribution in [0.5, 0.6) is 0 Å². The number of hydrogen-bond acceptors (Lipinski definition) is 7. The number of hydrogen-bond donors (Lipinski definition) is 1. The lowest BCUT2D eigenvalue weighted by Crippen LogP contribution is -2.31. The lowest BCUT2D eigenvalue weighted by atomic mass is 10.1. The van der Waals surface area contributed by atoms with Crippen molar-refractivity contribution in [2.24, 2.45) is 0 Å². The monoisotopic (exact) mass is 409 g/mol. The molecule has 3 aromatic rings. The van der Waals surface area contributed by atoms with Crippen LogP contribution in [0.1, 0.15) is 30.9 Å². The summed E-state index contributed by atoms with van der Waals surface area (Å²) in [4.78, 5) is 25.5. The Labute approximate surface area is 171 Å². The minimum atomic E-state index is -0.710. The highest BCUT2D eigenvalue weighted by Crippen LogP contribution is 2.37. The number of fused-ring (bicyclic) bond motifs is 1. The average molecular weight is 409 g/mol. The summed E-state index contributed by atoms with van der Waals surface area (Å²) in [7, 11) is 0. The van der Waals surface area contributed by atoms with Gasteiger partial charge in [-0.25, -0.2) is 0 Å². The van der Waals surface area contributed by atoms with Crippen LogP contribution in [0.25, 0.3) is 11.5 Å². The Kier molecular flexibility index (Phi) is 5.35. The van der Waals surface area contributed by atoms with Gasteiger partial charge in [-0.2, -0.15) is 0 Å². The minimum absolute atomic E-state index is 0.0475. The van der Waals surface area contributed by atoms with Crippen LogP contribution in [-0.2, 0) is 14.3 Å². The van der Waals surface area contributed by atoms with Gasteiger partial charge >= 0.3 is 5.97 Å². The van der Waals surface area contributed by atoms with Gasteiger partial charge in [-0.1, -0.05) is 29.8 Å². The van der Waals surface area contributed by atoms with E-state index in [9.17, 15) is 9.59 Å². The fraction of sp³-hybridized carbons (Fsp3) is 0.238. The average Bonchev–Trinajstić information content (AvgIpc) is 3.19. The molecule has 0 aliphatic carbocycles. The van der Waals surface area contributed by atoms with Crippen molar-refractivity contribution in [2.75, 3.05) is 5.32 Å². The van der Waals surface area contributed by atoms with Crippen LogP contribution in [0, 0.1) is 6.92 Å². The molecule has 2 heterocycles. The number of thioether (sulfide) groups is 1. The number of aromatic nitrogens is 2. The SMILES string of the molecule is Cc1ccc(-c2nnc([C@@H](C)OC(=O)C[C@H]3Sc4ccccc4NC3=O)o2)cc1. The molecule has 7 nitrogen and oxygen atoms in total. The van der Waals surface area contributed by atoms with E-state index in [2.05, 4.69) is 15.5 Å². The second-order valence-electron chi connectivity index (χ2n) is 6.74. The molecule has 8 heteroatoms. The fourth-order valence-corrected chi connectivity index (χ4v) is 3.98. The number of nitrogens with one attached hydrogen (secondary N) is 1. The van der Waals surface area contributed by atoms with Crippen molar-refractivity contribution in [1.29, 1.82) is 0 Å². The van der Waals surface area contributed by atoms with Crippen LogP contribution in [-0.4, -0.2) is 27.3 Å². The van der Waals surface area contributed by atoms with Crippen LogP contribution >= 0.6 is 11.8 Å². The molecule has 4 rings (SSSR count). The molecular weight excluding hydrogens is 390 g/mol. The molecule has 0 saturated carbocycles. The number of carbonyl (C=O) groups is 2. The first-order valence-electron chi connectivity index (χ1n) is 9.16. The van der Waals surface area contributed by atoms with E-state index in [1.807, 2.05) is 55.5 Å². The highest BCUT2D eigenvalue weighted by atomic mass is 32.2. The van der Waals surface area contributed by atoms with E-state index in [1.165, 1.54) is 11.8 Å². The minimum Gasteiger partial charge on any atom is -0.453 e. The van der Waals surface area contributed by atoms with E-state index in [0.717, 1.165) is 21.7 Å². The van der Waals surface area contributed by atoms with Gasteiger partial charge in [0.15, 0.2) is 6.10 Å². The molecule has 2 aromatic carbocycles. The van der Waals surface area contributed by atoms with Crippen LogP contribution in [0.3, 0.4) is 0 Å². The van der Waals surface area contributed by atoms with Gasteiger partial charge < -0.3 is 14.5 Å². The van der Waals surface area contributed by atoms with Crippen molar-refractivity contribution in [3.8, 4) is 11.5 Å². The second-order valence-corrected chi connectivity index (χ2v) is 7.98. The number of anilines is 1. The highest BCUT2D eigenvalue weighted by molar-refractivity contribution is 8.01. The third-order valence-corrected chi connectivity index (χ3v) is 5.73. The molecule has 29 heavy (non-hydrogen) atoms. The summed E-state index contributed by atoms with van der Waals surface area (Å²) in [6.07, 6.45) is -0.758. The van der Waals surface area contributed by atoms with Crippen molar-refractivity contribution in [3.05, 3.63) is 60.0 Å². The molecule has 0 bridgehead atoms. The van der Waals surface area contributed by atoms with E-state index in [1.54, 1.807) is 6.92 Å². The predicted octanol–water partition coefficient (Wildman–Crippen LogP) is 4.15. The first-order valence-corrected chi connectivity index (χ1v) is 10.0. The Bertz CT molecular complexity index is 1050. The normalized spacial score (nSPS) is 16.6. The molecule has 1 amide bonds. The Balaban J connectivity index is 1.38. The van der Waals surface area contributed by atoms with Gasteiger partial charge in [0.2, 0.25) is 11.8 Å². The zero-order valence-corrected chi connectivity index (χ0v) is 16.7. The number of benzene rings is 2.